The maximum atomic E-state index is 12.4. The van der Waals surface area contributed by atoms with Gasteiger partial charge < -0.3 is 15.4 Å². The second kappa shape index (κ2) is 7.57. The SMILES string of the molecule is COc1ccc(NC(C)C(=O)Nc2cccc(C)c2)c(S(C)(=O)=O)c1. The fourth-order valence-electron chi connectivity index (χ4n) is 2.33. The Morgan fingerprint density at radius 3 is 2.48 bits per heavy atom. The zero-order chi connectivity index (χ0) is 18.6. The molecule has 0 saturated carbocycles. The Labute approximate surface area is 148 Å². The first-order valence-electron chi connectivity index (χ1n) is 7.73. The topological polar surface area (TPSA) is 84.5 Å². The normalized spacial score (nSPS) is 12.3. The molecule has 0 fully saturated rings. The van der Waals surface area contributed by atoms with Crippen molar-refractivity contribution in [3.63, 3.8) is 0 Å². The van der Waals surface area contributed by atoms with E-state index in [0.717, 1.165) is 11.8 Å². The Morgan fingerprint density at radius 1 is 1.16 bits per heavy atom. The predicted octanol–water partition coefficient (Wildman–Crippen LogP) is 2.85. The van der Waals surface area contributed by atoms with Gasteiger partial charge in [-0.25, -0.2) is 8.42 Å². The number of rotatable bonds is 6. The molecule has 0 aliphatic carbocycles. The van der Waals surface area contributed by atoms with E-state index in [9.17, 15) is 13.2 Å². The first-order chi connectivity index (χ1) is 11.7. The molecule has 2 aromatic carbocycles. The Kier molecular flexibility index (Phi) is 5.69. The Morgan fingerprint density at radius 2 is 1.88 bits per heavy atom. The molecule has 2 N–H and O–H groups in total. The third-order valence-electron chi connectivity index (χ3n) is 3.64. The zero-order valence-corrected chi connectivity index (χ0v) is 15.5. The van der Waals surface area contributed by atoms with Gasteiger partial charge in [0.1, 0.15) is 11.8 Å². The maximum Gasteiger partial charge on any atom is 0.246 e. The van der Waals surface area contributed by atoms with Gasteiger partial charge in [-0.15, -0.1) is 0 Å². The van der Waals surface area contributed by atoms with Crippen molar-refractivity contribution in [2.24, 2.45) is 0 Å². The van der Waals surface area contributed by atoms with Crippen molar-refractivity contribution in [3.05, 3.63) is 48.0 Å². The van der Waals surface area contributed by atoms with Crippen LogP contribution in [0.15, 0.2) is 47.4 Å². The number of benzene rings is 2. The molecule has 0 saturated heterocycles. The minimum atomic E-state index is -3.48. The molecule has 134 valence electrons. The lowest BCUT2D eigenvalue weighted by Crippen LogP contribution is -2.32. The van der Waals surface area contributed by atoms with Crippen LogP contribution in [0.5, 0.6) is 5.75 Å². The minimum absolute atomic E-state index is 0.0852. The van der Waals surface area contributed by atoms with Gasteiger partial charge >= 0.3 is 0 Å². The van der Waals surface area contributed by atoms with Crippen LogP contribution in [0.2, 0.25) is 0 Å². The fraction of sp³-hybridized carbons (Fsp3) is 0.278. The predicted molar refractivity (Wildman–Crippen MR) is 99.0 cm³/mol. The van der Waals surface area contributed by atoms with E-state index in [1.54, 1.807) is 25.1 Å². The molecule has 2 rings (SSSR count). The molecule has 0 aliphatic heterocycles. The summed E-state index contributed by atoms with van der Waals surface area (Å²) in [6, 6.07) is 11.5. The van der Waals surface area contributed by atoms with E-state index in [1.807, 2.05) is 25.1 Å². The van der Waals surface area contributed by atoms with Crippen LogP contribution in [0.4, 0.5) is 11.4 Å². The number of nitrogens with one attached hydrogen (secondary N) is 2. The molecule has 1 amide bonds. The van der Waals surface area contributed by atoms with Crippen LogP contribution in [0, 0.1) is 6.92 Å². The van der Waals surface area contributed by atoms with Gasteiger partial charge in [0.15, 0.2) is 9.84 Å². The quantitative estimate of drug-likeness (QED) is 0.825. The lowest BCUT2D eigenvalue weighted by atomic mass is 10.2. The fourth-order valence-corrected chi connectivity index (χ4v) is 3.18. The van der Waals surface area contributed by atoms with Gasteiger partial charge in [-0.3, -0.25) is 4.79 Å². The highest BCUT2D eigenvalue weighted by Gasteiger charge is 2.19. The molecule has 6 nitrogen and oxygen atoms in total. The lowest BCUT2D eigenvalue weighted by Gasteiger charge is -2.18. The summed E-state index contributed by atoms with van der Waals surface area (Å²) < 4.78 is 29.1. The highest BCUT2D eigenvalue weighted by Crippen LogP contribution is 2.27. The molecule has 25 heavy (non-hydrogen) atoms. The number of amides is 1. The highest BCUT2D eigenvalue weighted by atomic mass is 32.2. The first-order valence-corrected chi connectivity index (χ1v) is 9.62. The van der Waals surface area contributed by atoms with Gasteiger partial charge in [-0.05, 0) is 43.7 Å². The van der Waals surface area contributed by atoms with E-state index < -0.39 is 15.9 Å². The second-order valence-electron chi connectivity index (χ2n) is 5.86. The van der Waals surface area contributed by atoms with Crippen LogP contribution in [-0.4, -0.2) is 33.7 Å². The van der Waals surface area contributed by atoms with E-state index >= 15 is 0 Å². The molecule has 0 radical (unpaired) electrons. The molecule has 0 heterocycles. The number of hydrogen-bond donors (Lipinski definition) is 2. The summed E-state index contributed by atoms with van der Waals surface area (Å²) in [5.74, 6) is 0.170. The van der Waals surface area contributed by atoms with Gasteiger partial charge in [-0.2, -0.15) is 0 Å². The van der Waals surface area contributed by atoms with Gasteiger partial charge in [0.25, 0.3) is 0 Å². The third-order valence-corrected chi connectivity index (χ3v) is 4.78. The van der Waals surface area contributed by atoms with Crippen molar-refractivity contribution < 1.29 is 17.9 Å². The standard InChI is InChI=1S/C18H22N2O4S/c1-12-6-5-7-14(10-12)20-18(21)13(2)19-16-9-8-15(24-3)11-17(16)25(4,22)23/h5-11,13,19H,1-4H3,(H,20,21). The number of ether oxygens (including phenoxy) is 1. The molecular weight excluding hydrogens is 340 g/mol. The third kappa shape index (κ3) is 4.96. The molecule has 1 atom stereocenters. The van der Waals surface area contributed by atoms with Gasteiger partial charge in [-0.1, -0.05) is 12.1 Å². The van der Waals surface area contributed by atoms with Crippen LogP contribution in [0.1, 0.15) is 12.5 Å². The molecule has 2 aromatic rings. The summed E-state index contributed by atoms with van der Waals surface area (Å²) in [4.78, 5) is 12.4. The Hall–Kier alpha value is -2.54. The van der Waals surface area contributed by atoms with E-state index in [4.69, 9.17) is 4.74 Å². The average Bonchev–Trinajstić information content (AvgIpc) is 2.54. The Bertz CT molecular complexity index is 878. The molecule has 1 unspecified atom stereocenters. The van der Waals surface area contributed by atoms with Crippen molar-refractivity contribution in [2.75, 3.05) is 24.0 Å². The smallest absolute Gasteiger partial charge is 0.246 e. The number of carbonyl (C=O) groups excluding carboxylic acids is 1. The van der Waals surface area contributed by atoms with Crippen LogP contribution in [-0.2, 0) is 14.6 Å². The van der Waals surface area contributed by atoms with Crippen molar-refractivity contribution >= 4 is 27.1 Å². The van der Waals surface area contributed by atoms with Crippen molar-refractivity contribution in [1.82, 2.24) is 0 Å². The van der Waals surface area contributed by atoms with Crippen LogP contribution >= 0.6 is 0 Å². The molecule has 0 aliphatic rings. The molecule has 7 heteroatoms. The van der Waals surface area contributed by atoms with Gasteiger partial charge in [0, 0.05) is 18.0 Å². The number of anilines is 2. The van der Waals surface area contributed by atoms with E-state index in [2.05, 4.69) is 10.6 Å². The molecule has 0 spiro atoms. The highest BCUT2D eigenvalue weighted by molar-refractivity contribution is 7.90. The number of hydrogen-bond acceptors (Lipinski definition) is 5. The Balaban J connectivity index is 2.19. The summed E-state index contributed by atoms with van der Waals surface area (Å²) in [7, 11) is -2.01. The van der Waals surface area contributed by atoms with Crippen LogP contribution < -0.4 is 15.4 Å². The van der Waals surface area contributed by atoms with Crippen molar-refractivity contribution in [3.8, 4) is 5.75 Å². The summed E-state index contributed by atoms with van der Waals surface area (Å²) in [6.07, 6.45) is 1.12. The summed E-state index contributed by atoms with van der Waals surface area (Å²) in [6.45, 7) is 3.61. The maximum absolute atomic E-state index is 12.4. The van der Waals surface area contributed by atoms with Crippen LogP contribution in [0.25, 0.3) is 0 Å². The largest absolute Gasteiger partial charge is 0.497 e. The molecule has 0 bridgehead atoms. The summed E-state index contributed by atoms with van der Waals surface area (Å²) >= 11 is 0. The van der Waals surface area contributed by atoms with E-state index in [-0.39, 0.29) is 10.8 Å². The van der Waals surface area contributed by atoms with Crippen LogP contribution in [0.3, 0.4) is 0 Å². The van der Waals surface area contributed by atoms with Gasteiger partial charge in [0.2, 0.25) is 5.91 Å². The van der Waals surface area contributed by atoms with E-state index in [1.165, 1.54) is 13.2 Å². The first kappa shape index (κ1) is 18.8. The monoisotopic (exact) mass is 362 g/mol. The summed E-state index contributed by atoms with van der Waals surface area (Å²) in [5.41, 5.74) is 2.08. The van der Waals surface area contributed by atoms with Crippen molar-refractivity contribution in [1.29, 1.82) is 0 Å². The minimum Gasteiger partial charge on any atom is -0.497 e. The molecule has 0 aromatic heterocycles. The number of sulfone groups is 1. The van der Waals surface area contributed by atoms with E-state index in [0.29, 0.717) is 17.1 Å². The zero-order valence-electron chi connectivity index (χ0n) is 14.7. The number of carbonyl (C=O) groups is 1. The average molecular weight is 362 g/mol. The van der Waals surface area contributed by atoms with Gasteiger partial charge in [0.05, 0.1) is 17.7 Å². The second-order valence-corrected chi connectivity index (χ2v) is 7.84. The van der Waals surface area contributed by atoms with Crippen molar-refractivity contribution in [2.45, 2.75) is 24.8 Å². The lowest BCUT2D eigenvalue weighted by molar-refractivity contribution is -0.116. The summed E-state index contributed by atoms with van der Waals surface area (Å²) in [5, 5.41) is 5.76. The molecular formula is C18H22N2O4S. The number of methoxy groups -OCH3 is 1. The number of aryl methyl sites for hydroxylation is 1.